The topological polar surface area (TPSA) is 50.2 Å². The molecule has 3 heteroatoms. The van der Waals surface area contributed by atoms with E-state index in [0.717, 1.165) is 22.2 Å². The monoisotopic (exact) mass is 245 g/mol. The van der Waals surface area contributed by atoms with E-state index in [1.807, 2.05) is 52.0 Å². The summed E-state index contributed by atoms with van der Waals surface area (Å²) in [6.45, 7) is 7.81. The number of hydrogen-bond donors (Lipinski definition) is 1. The molecule has 0 bridgehead atoms. The number of pyridine rings is 1. The van der Waals surface area contributed by atoms with Gasteiger partial charge in [0.2, 0.25) is 0 Å². The standard InChI is InChI=1S/C13H13NO2.C2H6/c1-3-9-8(2)14-11-7-5-4-6-10(11)12(9)13(15)16;1-2/h4-7H,3H2,1-2H3,(H,15,16);1-2H3. The number of aromatic nitrogens is 1. The lowest BCUT2D eigenvalue weighted by atomic mass is 9.99. The minimum atomic E-state index is -0.876. The first-order valence-electron chi connectivity index (χ1n) is 6.26. The molecule has 0 radical (unpaired) electrons. The van der Waals surface area contributed by atoms with Crippen molar-refractivity contribution in [2.45, 2.75) is 34.1 Å². The van der Waals surface area contributed by atoms with Crippen LogP contribution in [0.4, 0.5) is 0 Å². The summed E-state index contributed by atoms with van der Waals surface area (Å²) in [5, 5.41) is 10.0. The zero-order valence-corrected chi connectivity index (χ0v) is 11.3. The summed E-state index contributed by atoms with van der Waals surface area (Å²) in [6.07, 6.45) is 0.686. The zero-order valence-electron chi connectivity index (χ0n) is 11.3. The maximum absolute atomic E-state index is 11.3. The Morgan fingerprint density at radius 3 is 2.44 bits per heavy atom. The molecule has 0 unspecified atom stereocenters. The van der Waals surface area contributed by atoms with Crippen molar-refractivity contribution in [1.29, 1.82) is 0 Å². The van der Waals surface area contributed by atoms with E-state index >= 15 is 0 Å². The summed E-state index contributed by atoms with van der Waals surface area (Å²) in [7, 11) is 0. The van der Waals surface area contributed by atoms with Gasteiger partial charge in [0.05, 0.1) is 11.1 Å². The molecule has 96 valence electrons. The van der Waals surface area contributed by atoms with E-state index in [0.29, 0.717) is 12.0 Å². The van der Waals surface area contributed by atoms with E-state index < -0.39 is 5.97 Å². The molecule has 0 aliphatic heterocycles. The van der Waals surface area contributed by atoms with Gasteiger partial charge in [0.15, 0.2) is 0 Å². The number of hydrogen-bond acceptors (Lipinski definition) is 2. The van der Waals surface area contributed by atoms with E-state index in [4.69, 9.17) is 0 Å². The number of benzene rings is 1. The average molecular weight is 245 g/mol. The highest BCUT2D eigenvalue weighted by atomic mass is 16.4. The highest BCUT2D eigenvalue weighted by molar-refractivity contribution is 6.04. The van der Waals surface area contributed by atoms with Crippen molar-refractivity contribution in [2.75, 3.05) is 0 Å². The Bertz CT molecular complexity index is 562. The van der Waals surface area contributed by atoms with Crippen LogP contribution in [0.15, 0.2) is 24.3 Å². The number of carbonyl (C=O) groups is 1. The van der Waals surface area contributed by atoms with Gasteiger partial charge in [-0.15, -0.1) is 0 Å². The number of aromatic carboxylic acids is 1. The Morgan fingerprint density at radius 2 is 1.89 bits per heavy atom. The smallest absolute Gasteiger partial charge is 0.336 e. The first kappa shape index (κ1) is 14.2. The Labute approximate surface area is 107 Å². The van der Waals surface area contributed by atoms with Crippen molar-refractivity contribution in [3.63, 3.8) is 0 Å². The Hall–Kier alpha value is -1.90. The molecular formula is C15H19NO2. The van der Waals surface area contributed by atoms with Gasteiger partial charge in [-0.3, -0.25) is 4.98 Å². The molecular weight excluding hydrogens is 226 g/mol. The minimum Gasteiger partial charge on any atom is -0.478 e. The molecule has 1 heterocycles. The van der Waals surface area contributed by atoms with Gasteiger partial charge in [0, 0.05) is 11.1 Å². The molecule has 0 saturated heterocycles. The van der Waals surface area contributed by atoms with Gasteiger partial charge in [-0.1, -0.05) is 39.0 Å². The van der Waals surface area contributed by atoms with Crippen molar-refractivity contribution in [2.24, 2.45) is 0 Å². The van der Waals surface area contributed by atoms with Crippen LogP contribution < -0.4 is 0 Å². The number of rotatable bonds is 2. The van der Waals surface area contributed by atoms with Gasteiger partial charge in [-0.25, -0.2) is 4.79 Å². The van der Waals surface area contributed by atoms with Crippen LogP contribution in [0.3, 0.4) is 0 Å². The fourth-order valence-corrected chi connectivity index (χ4v) is 2.05. The third-order valence-electron chi connectivity index (χ3n) is 2.77. The molecule has 0 spiro atoms. The van der Waals surface area contributed by atoms with E-state index in [-0.39, 0.29) is 0 Å². The van der Waals surface area contributed by atoms with Crippen LogP contribution in [0.5, 0.6) is 0 Å². The molecule has 0 saturated carbocycles. The van der Waals surface area contributed by atoms with Crippen molar-refractivity contribution >= 4 is 16.9 Å². The van der Waals surface area contributed by atoms with Crippen molar-refractivity contribution in [3.8, 4) is 0 Å². The van der Waals surface area contributed by atoms with Crippen molar-refractivity contribution < 1.29 is 9.90 Å². The molecule has 0 aliphatic carbocycles. The predicted molar refractivity (Wildman–Crippen MR) is 74.2 cm³/mol. The van der Waals surface area contributed by atoms with Crippen LogP contribution in [0.2, 0.25) is 0 Å². The Morgan fingerprint density at radius 1 is 1.28 bits per heavy atom. The second kappa shape index (κ2) is 6.15. The second-order valence-corrected chi connectivity index (χ2v) is 3.73. The molecule has 1 aromatic heterocycles. The maximum Gasteiger partial charge on any atom is 0.336 e. The van der Waals surface area contributed by atoms with Crippen molar-refractivity contribution in [3.05, 3.63) is 41.1 Å². The molecule has 18 heavy (non-hydrogen) atoms. The highest BCUT2D eigenvalue weighted by Crippen LogP contribution is 2.23. The van der Waals surface area contributed by atoms with Gasteiger partial charge in [-0.05, 0) is 25.0 Å². The largest absolute Gasteiger partial charge is 0.478 e. The zero-order chi connectivity index (χ0) is 13.7. The van der Waals surface area contributed by atoms with Gasteiger partial charge in [-0.2, -0.15) is 0 Å². The van der Waals surface area contributed by atoms with E-state index in [1.165, 1.54) is 0 Å². The number of nitrogens with zero attached hydrogens (tertiary/aromatic N) is 1. The van der Waals surface area contributed by atoms with E-state index in [2.05, 4.69) is 4.98 Å². The van der Waals surface area contributed by atoms with Gasteiger partial charge < -0.3 is 5.11 Å². The summed E-state index contributed by atoms with van der Waals surface area (Å²) in [5.41, 5.74) is 2.77. The van der Waals surface area contributed by atoms with Gasteiger partial charge in [0.25, 0.3) is 0 Å². The molecule has 2 rings (SSSR count). The number of aryl methyl sites for hydroxylation is 1. The van der Waals surface area contributed by atoms with Crippen molar-refractivity contribution in [1.82, 2.24) is 4.98 Å². The molecule has 0 aliphatic rings. The number of carboxylic acids is 1. The number of carboxylic acid groups (broad SMARTS) is 1. The second-order valence-electron chi connectivity index (χ2n) is 3.73. The average Bonchev–Trinajstić information content (AvgIpc) is 2.39. The minimum absolute atomic E-state index is 0.394. The summed E-state index contributed by atoms with van der Waals surface area (Å²) >= 11 is 0. The normalized spacial score (nSPS) is 9.78. The molecule has 1 N–H and O–H groups in total. The molecule has 0 fully saturated rings. The summed E-state index contributed by atoms with van der Waals surface area (Å²) < 4.78 is 0. The number of para-hydroxylation sites is 1. The van der Waals surface area contributed by atoms with Crippen LogP contribution in [0, 0.1) is 6.92 Å². The summed E-state index contributed by atoms with van der Waals surface area (Å²) in [4.78, 5) is 15.7. The van der Waals surface area contributed by atoms with E-state index in [1.54, 1.807) is 0 Å². The molecule has 0 amide bonds. The van der Waals surface area contributed by atoms with Gasteiger partial charge in [0.1, 0.15) is 0 Å². The van der Waals surface area contributed by atoms with Crippen LogP contribution in [0.25, 0.3) is 10.9 Å². The molecule has 2 aromatic rings. The fraction of sp³-hybridized carbons (Fsp3) is 0.333. The lowest BCUT2D eigenvalue weighted by molar-refractivity contribution is 0.0697. The Kier molecular flexibility index (Phi) is 4.84. The molecule has 3 nitrogen and oxygen atoms in total. The van der Waals surface area contributed by atoms with Crippen LogP contribution in [-0.4, -0.2) is 16.1 Å². The predicted octanol–water partition coefficient (Wildman–Crippen LogP) is 3.83. The lowest BCUT2D eigenvalue weighted by Gasteiger charge is -2.10. The van der Waals surface area contributed by atoms with Crippen LogP contribution in [0.1, 0.15) is 42.4 Å². The highest BCUT2D eigenvalue weighted by Gasteiger charge is 2.16. The quantitative estimate of drug-likeness (QED) is 0.874. The van der Waals surface area contributed by atoms with Gasteiger partial charge >= 0.3 is 5.97 Å². The first-order valence-corrected chi connectivity index (χ1v) is 6.26. The van der Waals surface area contributed by atoms with Crippen LogP contribution in [-0.2, 0) is 6.42 Å². The Balaban J connectivity index is 0.000000771. The molecule has 1 aromatic carbocycles. The van der Waals surface area contributed by atoms with Crippen LogP contribution >= 0.6 is 0 Å². The maximum atomic E-state index is 11.3. The summed E-state index contributed by atoms with van der Waals surface area (Å²) in [6, 6.07) is 7.36. The summed E-state index contributed by atoms with van der Waals surface area (Å²) in [5.74, 6) is -0.876. The van der Waals surface area contributed by atoms with E-state index in [9.17, 15) is 9.90 Å². The first-order chi connectivity index (χ1) is 8.65. The number of fused-ring (bicyclic) bond motifs is 1. The molecule has 0 atom stereocenters. The third kappa shape index (κ3) is 2.50. The SMILES string of the molecule is CC.CCc1c(C)nc2ccccc2c1C(=O)O. The fourth-order valence-electron chi connectivity index (χ4n) is 2.05. The third-order valence-corrected chi connectivity index (χ3v) is 2.77. The lowest BCUT2D eigenvalue weighted by Crippen LogP contribution is -2.06.